The second-order valence-electron chi connectivity index (χ2n) is 5.27. The number of carboxylic acids is 1. The number of pyridine rings is 1. The molecule has 0 fully saturated rings. The van der Waals surface area contributed by atoms with Crippen molar-refractivity contribution in [3.63, 3.8) is 0 Å². The molecule has 2 aromatic carbocycles. The molecule has 0 amide bonds. The van der Waals surface area contributed by atoms with Gasteiger partial charge in [-0.05, 0) is 31.2 Å². The van der Waals surface area contributed by atoms with Gasteiger partial charge in [0.15, 0.2) is 11.6 Å². The average molecular weight is 344 g/mol. The third kappa shape index (κ3) is 2.84. The maximum absolute atomic E-state index is 14.2. The van der Waals surface area contributed by atoms with Crippen molar-refractivity contribution in [2.75, 3.05) is 12.3 Å². The number of nitrogens with zero attached hydrogens (tertiary/aromatic N) is 1. The molecule has 0 radical (unpaired) electrons. The predicted molar refractivity (Wildman–Crippen MR) is 89.6 cm³/mol. The Morgan fingerprint density at radius 2 is 2.04 bits per heavy atom. The van der Waals surface area contributed by atoms with Crippen LogP contribution >= 0.6 is 0 Å². The summed E-state index contributed by atoms with van der Waals surface area (Å²) < 4.78 is 33.2. The Hall–Kier alpha value is -3.22. The first-order valence-electron chi connectivity index (χ1n) is 7.47. The van der Waals surface area contributed by atoms with Crippen molar-refractivity contribution in [3.05, 3.63) is 53.6 Å². The first-order valence-corrected chi connectivity index (χ1v) is 7.47. The monoisotopic (exact) mass is 344 g/mol. The van der Waals surface area contributed by atoms with Crippen LogP contribution in [0.1, 0.15) is 17.3 Å². The van der Waals surface area contributed by atoms with E-state index in [1.807, 2.05) is 6.92 Å². The number of hydrogen-bond acceptors (Lipinski definition) is 4. The maximum Gasteiger partial charge on any atom is 0.340 e. The van der Waals surface area contributed by atoms with E-state index in [0.717, 1.165) is 6.07 Å². The number of nitrogens with two attached hydrogens (primary N) is 1. The van der Waals surface area contributed by atoms with E-state index in [9.17, 15) is 18.7 Å². The van der Waals surface area contributed by atoms with Crippen LogP contribution < -0.4 is 10.5 Å². The number of anilines is 1. The molecular formula is C18H14F2N2O3. The Balaban J connectivity index is 2.37. The Kier molecular flexibility index (Phi) is 4.22. The zero-order valence-corrected chi connectivity index (χ0v) is 13.2. The van der Waals surface area contributed by atoms with Crippen LogP contribution in [-0.4, -0.2) is 22.7 Å². The summed E-state index contributed by atoms with van der Waals surface area (Å²) in [7, 11) is 0. The smallest absolute Gasteiger partial charge is 0.340 e. The molecule has 5 nitrogen and oxygen atoms in total. The van der Waals surface area contributed by atoms with E-state index in [2.05, 4.69) is 4.98 Å². The summed E-state index contributed by atoms with van der Waals surface area (Å²) in [5, 5.41) is 9.90. The summed E-state index contributed by atoms with van der Waals surface area (Å²) >= 11 is 0. The van der Waals surface area contributed by atoms with Crippen LogP contribution in [0.4, 0.5) is 14.5 Å². The number of carbonyl (C=O) groups is 1. The van der Waals surface area contributed by atoms with Crippen molar-refractivity contribution >= 4 is 22.6 Å². The molecule has 1 heterocycles. The van der Waals surface area contributed by atoms with Crippen LogP contribution in [-0.2, 0) is 0 Å². The third-order valence-electron chi connectivity index (χ3n) is 3.73. The van der Waals surface area contributed by atoms with Gasteiger partial charge in [0.05, 0.1) is 23.5 Å². The first kappa shape index (κ1) is 16.6. The molecule has 3 aromatic rings. The van der Waals surface area contributed by atoms with Crippen LogP contribution in [0.2, 0.25) is 0 Å². The van der Waals surface area contributed by atoms with Crippen molar-refractivity contribution in [2.45, 2.75) is 6.92 Å². The normalized spacial score (nSPS) is 10.8. The van der Waals surface area contributed by atoms with Crippen molar-refractivity contribution in [1.29, 1.82) is 0 Å². The number of rotatable bonds is 4. The molecule has 0 aliphatic rings. The van der Waals surface area contributed by atoms with E-state index in [1.54, 1.807) is 18.2 Å². The second-order valence-corrected chi connectivity index (χ2v) is 5.27. The van der Waals surface area contributed by atoms with Crippen LogP contribution in [0.5, 0.6) is 5.75 Å². The van der Waals surface area contributed by atoms with Crippen molar-refractivity contribution in [2.24, 2.45) is 0 Å². The lowest BCUT2D eigenvalue weighted by Crippen LogP contribution is -2.09. The van der Waals surface area contributed by atoms with Crippen molar-refractivity contribution in [3.8, 4) is 17.0 Å². The van der Waals surface area contributed by atoms with Gasteiger partial charge in [0, 0.05) is 17.0 Å². The van der Waals surface area contributed by atoms with Gasteiger partial charge in [-0.3, -0.25) is 0 Å². The summed E-state index contributed by atoms with van der Waals surface area (Å²) in [6.45, 7) is 2.24. The number of nitrogen functional groups attached to an aromatic ring is 1. The number of fused-ring (bicyclic) bond motifs is 1. The lowest BCUT2D eigenvalue weighted by molar-refractivity contribution is 0.0698. The topological polar surface area (TPSA) is 85.4 Å². The van der Waals surface area contributed by atoms with Gasteiger partial charge in [0.2, 0.25) is 0 Å². The van der Waals surface area contributed by atoms with E-state index in [4.69, 9.17) is 10.5 Å². The van der Waals surface area contributed by atoms with Gasteiger partial charge in [-0.2, -0.15) is 0 Å². The number of aromatic nitrogens is 1. The highest BCUT2D eigenvalue weighted by Gasteiger charge is 2.23. The van der Waals surface area contributed by atoms with Gasteiger partial charge < -0.3 is 15.6 Å². The minimum atomic E-state index is -1.38. The molecular weight excluding hydrogens is 330 g/mol. The Bertz CT molecular complexity index is 990. The third-order valence-corrected chi connectivity index (χ3v) is 3.73. The Morgan fingerprint density at radius 1 is 1.28 bits per heavy atom. The molecule has 0 bridgehead atoms. The second kappa shape index (κ2) is 6.35. The van der Waals surface area contributed by atoms with E-state index in [1.165, 1.54) is 12.1 Å². The van der Waals surface area contributed by atoms with Gasteiger partial charge in [-0.1, -0.05) is 6.07 Å². The van der Waals surface area contributed by atoms with E-state index < -0.39 is 17.6 Å². The summed E-state index contributed by atoms with van der Waals surface area (Å²) in [5.41, 5.74) is 5.37. The van der Waals surface area contributed by atoms with Crippen LogP contribution in [0.15, 0.2) is 36.4 Å². The summed E-state index contributed by atoms with van der Waals surface area (Å²) in [6, 6.07) is 8.26. The molecule has 0 saturated heterocycles. The number of carboxylic acid groups (broad SMARTS) is 1. The molecule has 0 unspecified atom stereocenters. The summed E-state index contributed by atoms with van der Waals surface area (Å²) in [6.07, 6.45) is 0. The van der Waals surface area contributed by atoms with Gasteiger partial charge in [-0.15, -0.1) is 0 Å². The van der Waals surface area contributed by atoms with E-state index >= 15 is 0 Å². The first-order chi connectivity index (χ1) is 11.9. The Labute approximate surface area is 141 Å². The SMILES string of the molecule is CCOc1ccc2c(N)c(C(=O)O)c(-c3cccc(F)c3F)nc2c1. The quantitative estimate of drug-likeness (QED) is 0.751. The fourth-order valence-electron chi connectivity index (χ4n) is 2.62. The zero-order valence-electron chi connectivity index (χ0n) is 13.2. The molecule has 0 atom stereocenters. The fourth-order valence-corrected chi connectivity index (χ4v) is 2.62. The number of hydrogen-bond donors (Lipinski definition) is 2. The van der Waals surface area contributed by atoms with E-state index in [0.29, 0.717) is 23.3 Å². The molecule has 0 spiro atoms. The predicted octanol–water partition coefficient (Wildman–Crippen LogP) is 3.86. The highest BCUT2D eigenvalue weighted by atomic mass is 19.2. The van der Waals surface area contributed by atoms with Crippen LogP contribution in [0, 0.1) is 11.6 Å². The highest BCUT2D eigenvalue weighted by molar-refractivity contribution is 6.08. The lowest BCUT2D eigenvalue weighted by atomic mass is 10.0. The molecule has 0 aliphatic heterocycles. The van der Waals surface area contributed by atoms with Crippen molar-refractivity contribution in [1.82, 2.24) is 4.98 Å². The standard InChI is InChI=1S/C18H14F2N2O3/c1-2-25-9-6-7-10-13(8-9)22-17(14(16(10)21)18(23)24)11-4-3-5-12(19)15(11)20/h3-8H,2H2,1H3,(H2,21,22)(H,23,24). The molecule has 7 heteroatoms. The molecule has 0 saturated carbocycles. The minimum Gasteiger partial charge on any atom is -0.494 e. The molecule has 3 N–H and O–H groups in total. The number of halogens is 2. The van der Waals surface area contributed by atoms with E-state index in [-0.39, 0.29) is 22.5 Å². The molecule has 3 rings (SSSR count). The van der Waals surface area contributed by atoms with Crippen molar-refractivity contribution < 1.29 is 23.4 Å². The van der Waals surface area contributed by atoms with Crippen LogP contribution in [0.25, 0.3) is 22.2 Å². The number of ether oxygens (including phenoxy) is 1. The summed E-state index contributed by atoms with van der Waals surface area (Å²) in [4.78, 5) is 15.9. The lowest BCUT2D eigenvalue weighted by Gasteiger charge is -2.13. The highest BCUT2D eigenvalue weighted by Crippen LogP contribution is 2.35. The maximum atomic E-state index is 14.2. The van der Waals surface area contributed by atoms with Crippen LogP contribution in [0.3, 0.4) is 0 Å². The average Bonchev–Trinajstić information content (AvgIpc) is 2.57. The summed E-state index contributed by atoms with van der Waals surface area (Å²) in [5.74, 6) is -3.15. The van der Waals surface area contributed by atoms with Gasteiger partial charge in [-0.25, -0.2) is 18.6 Å². The van der Waals surface area contributed by atoms with Gasteiger partial charge >= 0.3 is 5.97 Å². The van der Waals surface area contributed by atoms with Gasteiger partial charge in [0.25, 0.3) is 0 Å². The minimum absolute atomic E-state index is 0.0702. The molecule has 25 heavy (non-hydrogen) atoms. The Morgan fingerprint density at radius 3 is 2.72 bits per heavy atom. The fraction of sp³-hybridized carbons (Fsp3) is 0.111. The molecule has 128 valence electrons. The number of aromatic carboxylic acids is 1. The van der Waals surface area contributed by atoms with Gasteiger partial charge in [0.1, 0.15) is 11.3 Å². The zero-order chi connectivity index (χ0) is 18.1. The molecule has 1 aromatic heterocycles. The number of benzene rings is 2. The molecule has 0 aliphatic carbocycles. The largest absolute Gasteiger partial charge is 0.494 e.